The van der Waals surface area contributed by atoms with Gasteiger partial charge >= 0.3 is 6.18 Å². The lowest BCUT2D eigenvalue weighted by atomic mass is 9.49. The Hall–Kier alpha value is -4.13. The summed E-state index contributed by atoms with van der Waals surface area (Å²) in [6.45, 7) is 0. The van der Waals surface area contributed by atoms with Crippen LogP contribution in [-0.2, 0) is 30.8 Å². The Bertz CT molecular complexity index is 1920. The van der Waals surface area contributed by atoms with Crippen LogP contribution in [0, 0.1) is 23.7 Å². The Kier molecular flexibility index (Phi) is 7.34. The zero-order valence-electron chi connectivity index (χ0n) is 23.8. The molecule has 2 aliphatic carbocycles. The molecule has 3 fully saturated rings. The number of hydrazine groups is 1. The predicted molar refractivity (Wildman–Crippen MR) is 163 cm³/mol. The van der Waals surface area contributed by atoms with Crippen molar-refractivity contribution in [2.24, 2.45) is 23.7 Å². The summed E-state index contributed by atoms with van der Waals surface area (Å²) in [5, 5.41) is 13.2. The van der Waals surface area contributed by atoms with Gasteiger partial charge in [0.05, 0.1) is 33.8 Å². The van der Waals surface area contributed by atoms with Gasteiger partial charge in [-0.25, -0.2) is 4.98 Å². The number of nitrogens with one attached hydrogen (secondary N) is 2. The van der Waals surface area contributed by atoms with Gasteiger partial charge in [0.1, 0.15) is 5.75 Å². The highest BCUT2D eigenvalue weighted by Crippen LogP contribution is 2.64. The van der Waals surface area contributed by atoms with E-state index >= 15 is 0 Å². The largest absolute Gasteiger partial charge is 0.508 e. The first-order valence-electron chi connectivity index (χ1n) is 14.4. The highest BCUT2D eigenvalue weighted by molar-refractivity contribution is 6.33. The van der Waals surface area contributed by atoms with Crippen molar-refractivity contribution in [2.75, 3.05) is 5.43 Å². The minimum Gasteiger partial charge on any atom is -0.508 e. The van der Waals surface area contributed by atoms with E-state index in [9.17, 15) is 37.5 Å². The number of rotatable bonds is 4. The molecule has 1 saturated carbocycles. The Balaban J connectivity index is 1.45. The van der Waals surface area contributed by atoms with Crippen molar-refractivity contribution >= 4 is 64.2 Å². The lowest BCUT2D eigenvalue weighted by Gasteiger charge is -2.50. The number of aromatic nitrogens is 1. The summed E-state index contributed by atoms with van der Waals surface area (Å²) < 4.78 is 40.0. The second-order valence-electron chi connectivity index (χ2n) is 12.0. The van der Waals surface area contributed by atoms with E-state index in [0.717, 1.165) is 0 Å². The molecule has 4 amide bonds. The van der Waals surface area contributed by atoms with Crippen molar-refractivity contribution in [1.82, 2.24) is 15.3 Å². The van der Waals surface area contributed by atoms with Crippen LogP contribution in [0.3, 0.4) is 0 Å². The molecule has 242 valence electrons. The fourth-order valence-electron chi connectivity index (χ4n) is 7.79. The van der Waals surface area contributed by atoms with E-state index in [0.29, 0.717) is 39.0 Å². The van der Waals surface area contributed by atoms with E-state index in [1.165, 1.54) is 18.2 Å². The average molecular weight is 706 g/mol. The van der Waals surface area contributed by atoms with Crippen molar-refractivity contribution in [3.63, 3.8) is 0 Å². The van der Waals surface area contributed by atoms with Gasteiger partial charge in [-0.05, 0) is 60.2 Å². The van der Waals surface area contributed by atoms with E-state index < -0.39 is 75.4 Å². The van der Waals surface area contributed by atoms with Crippen molar-refractivity contribution in [3.8, 4) is 5.75 Å². The third-order valence-corrected chi connectivity index (χ3v) is 10.6. The van der Waals surface area contributed by atoms with Crippen LogP contribution < -0.4 is 10.7 Å². The van der Waals surface area contributed by atoms with Crippen LogP contribution in [0.5, 0.6) is 5.75 Å². The molecule has 7 rings (SSSR count). The highest BCUT2D eigenvalue weighted by Gasteiger charge is 2.70. The molecule has 2 aromatic carbocycles. The summed E-state index contributed by atoms with van der Waals surface area (Å²) in [5.41, 5.74) is 1.06. The summed E-state index contributed by atoms with van der Waals surface area (Å²) in [5.74, 6) is -7.30. The van der Waals surface area contributed by atoms with Crippen LogP contribution >= 0.6 is 34.8 Å². The number of carbonyl (C=O) groups is 4. The lowest BCUT2D eigenvalue weighted by Crippen LogP contribution is -2.53. The van der Waals surface area contributed by atoms with Gasteiger partial charge in [0, 0.05) is 22.2 Å². The van der Waals surface area contributed by atoms with Crippen LogP contribution in [0.15, 0.2) is 66.4 Å². The molecule has 2 saturated heterocycles. The number of pyridine rings is 1. The number of nitrogens with zero attached hydrogens (tertiary/aromatic N) is 2. The standard InChI is InChI=1S/C32H22Cl3F3N4O5/c33-15-3-1-13(2-4-15)31-21(29(46)42(30(31)47)41-26-23(35)9-14(12-39-26)32(36,37)38)11-20-17(7-8-19-24(20)28(45)40-27(19)44)25(31)18-6-5-16(43)10-22(18)34/h1-7,9-10,12,19-21,24-25,43H,8,11H2,(H,39,41)(H,40,44,45). The third-order valence-electron chi connectivity index (χ3n) is 9.70. The fraction of sp³-hybridized carbons (Fsp3) is 0.281. The zero-order chi connectivity index (χ0) is 33.6. The van der Waals surface area contributed by atoms with E-state index in [1.54, 1.807) is 24.3 Å². The van der Waals surface area contributed by atoms with E-state index in [1.807, 2.05) is 6.08 Å². The van der Waals surface area contributed by atoms with Crippen molar-refractivity contribution < 1.29 is 37.5 Å². The minimum atomic E-state index is -4.74. The van der Waals surface area contributed by atoms with Crippen LogP contribution in [0.25, 0.3) is 0 Å². The van der Waals surface area contributed by atoms with Crippen LogP contribution in [-0.4, -0.2) is 38.7 Å². The van der Waals surface area contributed by atoms with Gasteiger partial charge in [0.2, 0.25) is 11.8 Å². The number of benzene rings is 2. The number of halogens is 6. The number of anilines is 1. The maximum absolute atomic E-state index is 15.0. The van der Waals surface area contributed by atoms with Gasteiger partial charge in [-0.3, -0.25) is 29.9 Å². The van der Waals surface area contributed by atoms with E-state index in [2.05, 4.69) is 15.7 Å². The van der Waals surface area contributed by atoms with Gasteiger partial charge in [0.25, 0.3) is 11.8 Å². The molecular weight excluding hydrogens is 684 g/mol. The van der Waals surface area contributed by atoms with E-state index in [-0.39, 0.29) is 29.4 Å². The van der Waals surface area contributed by atoms with Gasteiger partial charge in [-0.15, -0.1) is 0 Å². The number of phenols is 1. The number of imide groups is 2. The molecule has 1 aromatic heterocycles. The number of hydrogen-bond acceptors (Lipinski definition) is 7. The third kappa shape index (κ3) is 4.71. The molecule has 4 aliphatic rings. The van der Waals surface area contributed by atoms with Gasteiger partial charge < -0.3 is 5.11 Å². The molecule has 0 radical (unpaired) electrons. The summed E-state index contributed by atoms with van der Waals surface area (Å²) in [6, 6.07) is 11.2. The number of fused-ring (bicyclic) bond motifs is 4. The molecule has 9 nitrogen and oxygen atoms in total. The Labute approximate surface area is 279 Å². The summed E-state index contributed by atoms with van der Waals surface area (Å²) in [7, 11) is 0. The first-order chi connectivity index (χ1) is 22.2. The Morgan fingerprint density at radius 3 is 2.34 bits per heavy atom. The topological polar surface area (TPSA) is 129 Å². The number of allylic oxidation sites excluding steroid dienone is 2. The quantitative estimate of drug-likeness (QED) is 0.223. The second-order valence-corrected chi connectivity index (χ2v) is 13.2. The Morgan fingerprint density at radius 2 is 1.68 bits per heavy atom. The molecule has 3 N–H and O–H groups in total. The number of hydrogen-bond donors (Lipinski definition) is 3. The summed E-state index contributed by atoms with van der Waals surface area (Å²) >= 11 is 19.2. The van der Waals surface area contributed by atoms with E-state index in [4.69, 9.17) is 34.8 Å². The van der Waals surface area contributed by atoms with Gasteiger partial charge in [0.15, 0.2) is 5.82 Å². The minimum absolute atomic E-state index is 0.0283. The molecule has 6 unspecified atom stereocenters. The van der Waals surface area contributed by atoms with Crippen LogP contribution in [0.1, 0.15) is 35.4 Å². The van der Waals surface area contributed by atoms with Crippen molar-refractivity contribution in [2.45, 2.75) is 30.4 Å². The monoisotopic (exact) mass is 704 g/mol. The molecule has 47 heavy (non-hydrogen) atoms. The number of carbonyl (C=O) groups excluding carboxylic acids is 4. The SMILES string of the molecule is O=C1NC(=O)C2C1CC=C1C2CC2C(=O)N(Nc3ncc(C(F)(F)F)cc3Cl)C(=O)C2(c2ccc(Cl)cc2)C1c1ccc(O)cc1Cl. The first kappa shape index (κ1) is 31.5. The molecular formula is C32H22Cl3F3N4O5. The zero-order valence-corrected chi connectivity index (χ0v) is 26.1. The number of amides is 4. The molecule has 0 spiro atoms. The lowest BCUT2D eigenvalue weighted by molar-refractivity contribution is -0.139. The predicted octanol–water partition coefficient (Wildman–Crippen LogP) is 6.04. The number of alkyl halides is 3. The molecule has 3 heterocycles. The van der Waals surface area contributed by atoms with Crippen LogP contribution in [0.2, 0.25) is 15.1 Å². The molecule has 2 aliphatic heterocycles. The first-order valence-corrected chi connectivity index (χ1v) is 15.5. The molecule has 6 atom stereocenters. The Morgan fingerprint density at radius 1 is 0.957 bits per heavy atom. The fourth-order valence-corrected chi connectivity index (χ4v) is 8.41. The smallest absolute Gasteiger partial charge is 0.417 e. The second kappa shape index (κ2) is 11.0. The summed E-state index contributed by atoms with van der Waals surface area (Å²) in [4.78, 5) is 59.1. The van der Waals surface area contributed by atoms with Crippen LogP contribution in [0.4, 0.5) is 19.0 Å². The molecule has 3 aromatic rings. The number of phenolic OH excluding ortho intramolecular Hbond substituents is 1. The maximum atomic E-state index is 15.0. The van der Waals surface area contributed by atoms with Crippen molar-refractivity contribution in [1.29, 1.82) is 0 Å². The normalized spacial score (nSPS) is 28.4. The summed E-state index contributed by atoms with van der Waals surface area (Å²) in [6.07, 6.45) is -2.24. The molecule has 15 heteroatoms. The van der Waals surface area contributed by atoms with Crippen molar-refractivity contribution in [3.05, 3.63) is 98.1 Å². The average Bonchev–Trinajstić information content (AvgIpc) is 3.42. The highest BCUT2D eigenvalue weighted by atomic mass is 35.5. The number of aromatic hydroxyl groups is 1. The van der Waals surface area contributed by atoms with Gasteiger partial charge in [-0.2, -0.15) is 18.2 Å². The molecule has 0 bridgehead atoms. The maximum Gasteiger partial charge on any atom is 0.417 e. The van der Waals surface area contributed by atoms with Gasteiger partial charge in [-0.1, -0.05) is 64.7 Å².